The molecule has 0 spiro atoms. The number of carboxylic acid groups (broad SMARTS) is 1. The van der Waals surface area contributed by atoms with Gasteiger partial charge in [0, 0.05) is 18.8 Å². The molecule has 0 aromatic heterocycles. The Morgan fingerprint density at radius 1 is 1.38 bits per heavy atom. The Balaban J connectivity index is 2.82. The highest BCUT2D eigenvalue weighted by molar-refractivity contribution is 5.68. The number of hydrogen-bond donors (Lipinski definition) is 1. The van der Waals surface area contributed by atoms with Gasteiger partial charge in [0.15, 0.2) is 0 Å². The quantitative estimate of drug-likeness (QED) is 0.830. The van der Waals surface area contributed by atoms with Gasteiger partial charge in [-0.15, -0.1) is 0 Å². The van der Waals surface area contributed by atoms with E-state index in [2.05, 4.69) is 36.9 Å². The molecule has 0 atom stereocenters. The van der Waals surface area contributed by atoms with Crippen molar-refractivity contribution in [3.05, 3.63) is 29.3 Å². The van der Waals surface area contributed by atoms with E-state index in [4.69, 9.17) is 5.11 Å². The number of carbonyl (C=O) groups is 1. The molecular weight excluding hydrogens is 202 g/mol. The van der Waals surface area contributed by atoms with Crippen LogP contribution in [0.3, 0.4) is 0 Å². The lowest BCUT2D eigenvalue weighted by Crippen LogP contribution is -2.26. The number of hydrogen-bond acceptors (Lipinski definition) is 2. The molecule has 1 aromatic rings. The van der Waals surface area contributed by atoms with E-state index in [1.54, 1.807) is 0 Å². The summed E-state index contributed by atoms with van der Waals surface area (Å²) in [6, 6.07) is 6.25. The van der Waals surface area contributed by atoms with Gasteiger partial charge in [-0.3, -0.25) is 4.79 Å². The normalized spacial score (nSPS) is 10.2. The molecule has 1 N–H and O–H groups in total. The van der Waals surface area contributed by atoms with Crippen molar-refractivity contribution < 1.29 is 9.90 Å². The number of anilines is 1. The van der Waals surface area contributed by atoms with Gasteiger partial charge in [-0.2, -0.15) is 0 Å². The van der Waals surface area contributed by atoms with E-state index in [1.807, 2.05) is 6.92 Å². The average Bonchev–Trinajstić information content (AvgIpc) is 2.21. The van der Waals surface area contributed by atoms with Gasteiger partial charge in [0.1, 0.15) is 0 Å². The number of aliphatic carboxylic acids is 1. The van der Waals surface area contributed by atoms with E-state index in [0.29, 0.717) is 6.54 Å². The minimum absolute atomic E-state index is 0.182. The summed E-state index contributed by atoms with van der Waals surface area (Å²) in [4.78, 5) is 12.7. The minimum Gasteiger partial charge on any atom is -0.481 e. The Morgan fingerprint density at radius 2 is 2.06 bits per heavy atom. The third-order valence-electron chi connectivity index (χ3n) is 2.67. The first-order valence-electron chi connectivity index (χ1n) is 5.58. The third kappa shape index (κ3) is 3.26. The highest BCUT2D eigenvalue weighted by Crippen LogP contribution is 2.21. The van der Waals surface area contributed by atoms with Crippen LogP contribution < -0.4 is 4.90 Å². The van der Waals surface area contributed by atoms with Gasteiger partial charge in [0.05, 0.1) is 6.42 Å². The van der Waals surface area contributed by atoms with E-state index in [9.17, 15) is 4.79 Å². The molecule has 3 nitrogen and oxygen atoms in total. The molecule has 0 radical (unpaired) electrons. The standard InChI is InChI=1S/C13H19NO2/c1-4-14(8-7-13(15)16)12-6-5-10(2)9-11(12)3/h5-6,9H,4,7-8H2,1-3H3,(H,15,16). The topological polar surface area (TPSA) is 40.5 Å². The number of rotatable bonds is 5. The van der Waals surface area contributed by atoms with Crippen LogP contribution in [0.15, 0.2) is 18.2 Å². The lowest BCUT2D eigenvalue weighted by atomic mass is 10.1. The molecule has 0 saturated heterocycles. The van der Waals surface area contributed by atoms with Crippen molar-refractivity contribution in [2.45, 2.75) is 27.2 Å². The van der Waals surface area contributed by atoms with Crippen LogP contribution in [0.1, 0.15) is 24.5 Å². The molecule has 0 fully saturated rings. The fourth-order valence-electron chi connectivity index (χ4n) is 1.84. The van der Waals surface area contributed by atoms with Gasteiger partial charge in [-0.1, -0.05) is 17.7 Å². The lowest BCUT2D eigenvalue weighted by Gasteiger charge is -2.24. The molecule has 16 heavy (non-hydrogen) atoms. The molecule has 0 amide bonds. The minimum atomic E-state index is -0.747. The van der Waals surface area contributed by atoms with Crippen LogP contribution in [0.25, 0.3) is 0 Å². The van der Waals surface area contributed by atoms with Crippen molar-refractivity contribution in [3.8, 4) is 0 Å². The molecule has 0 unspecified atom stereocenters. The van der Waals surface area contributed by atoms with Crippen LogP contribution in [-0.2, 0) is 4.79 Å². The average molecular weight is 221 g/mol. The van der Waals surface area contributed by atoms with E-state index in [-0.39, 0.29) is 6.42 Å². The zero-order valence-corrected chi connectivity index (χ0v) is 10.2. The zero-order valence-electron chi connectivity index (χ0n) is 10.2. The fraction of sp³-hybridized carbons (Fsp3) is 0.462. The second-order valence-corrected chi connectivity index (χ2v) is 4.01. The zero-order chi connectivity index (χ0) is 12.1. The van der Waals surface area contributed by atoms with Crippen LogP contribution in [0.4, 0.5) is 5.69 Å². The molecule has 88 valence electrons. The summed E-state index contributed by atoms with van der Waals surface area (Å²) in [5.74, 6) is -0.747. The van der Waals surface area contributed by atoms with Gasteiger partial charge in [0.25, 0.3) is 0 Å². The summed E-state index contributed by atoms with van der Waals surface area (Å²) in [6.45, 7) is 7.56. The predicted octanol–water partition coefficient (Wildman–Crippen LogP) is 2.60. The first kappa shape index (κ1) is 12.6. The number of benzene rings is 1. The Kier molecular flexibility index (Phi) is 4.35. The number of nitrogens with zero attached hydrogens (tertiary/aromatic N) is 1. The monoisotopic (exact) mass is 221 g/mol. The van der Waals surface area contributed by atoms with Crippen molar-refractivity contribution in [1.82, 2.24) is 0 Å². The van der Waals surface area contributed by atoms with E-state index < -0.39 is 5.97 Å². The summed E-state index contributed by atoms with van der Waals surface area (Å²) in [7, 11) is 0. The molecule has 1 rings (SSSR count). The van der Waals surface area contributed by atoms with Crippen LogP contribution in [0, 0.1) is 13.8 Å². The van der Waals surface area contributed by atoms with Gasteiger partial charge >= 0.3 is 5.97 Å². The van der Waals surface area contributed by atoms with Gasteiger partial charge in [-0.05, 0) is 32.4 Å². The van der Waals surface area contributed by atoms with E-state index in [0.717, 1.165) is 12.2 Å². The molecule has 0 bridgehead atoms. The Labute approximate surface area is 96.7 Å². The predicted molar refractivity (Wildman–Crippen MR) is 66.1 cm³/mol. The van der Waals surface area contributed by atoms with Crippen molar-refractivity contribution >= 4 is 11.7 Å². The summed E-state index contributed by atoms with van der Waals surface area (Å²) >= 11 is 0. The molecule has 0 heterocycles. The van der Waals surface area contributed by atoms with Crippen molar-refractivity contribution in [2.24, 2.45) is 0 Å². The van der Waals surface area contributed by atoms with Crippen molar-refractivity contribution in [3.63, 3.8) is 0 Å². The van der Waals surface area contributed by atoms with E-state index >= 15 is 0 Å². The molecule has 0 saturated carbocycles. The highest BCUT2D eigenvalue weighted by Gasteiger charge is 2.08. The first-order chi connectivity index (χ1) is 7.54. The molecule has 3 heteroatoms. The van der Waals surface area contributed by atoms with Gasteiger partial charge < -0.3 is 10.0 Å². The highest BCUT2D eigenvalue weighted by atomic mass is 16.4. The van der Waals surface area contributed by atoms with Crippen molar-refractivity contribution in [1.29, 1.82) is 0 Å². The van der Waals surface area contributed by atoms with Gasteiger partial charge in [0.2, 0.25) is 0 Å². The summed E-state index contributed by atoms with van der Waals surface area (Å²) in [5, 5.41) is 8.69. The summed E-state index contributed by atoms with van der Waals surface area (Å²) in [5.41, 5.74) is 3.57. The Bertz CT molecular complexity index is 374. The maximum Gasteiger partial charge on any atom is 0.305 e. The van der Waals surface area contributed by atoms with Crippen LogP contribution in [-0.4, -0.2) is 24.2 Å². The van der Waals surface area contributed by atoms with Crippen molar-refractivity contribution in [2.75, 3.05) is 18.0 Å². The molecule has 0 aliphatic rings. The molecule has 0 aliphatic carbocycles. The van der Waals surface area contributed by atoms with Crippen LogP contribution >= 0.6 is 0 Å². The lowest BCUT2D eigenvalue weighted by molar-refractivity contribution is -0.136. The first-order valence-corrected chi connectivity index (χ1v) is 5.58. The summed E-state index contributed by atoms with van der Waals surface area (Å²) < 4.78 is 0. The van der Waals surface area contributed by atoms with Crippen LogP contribution in [0.2, 0.25) is 0 Å². The summed E-state index contributed by atoms with van der Waals surface area (Å²) in [6.07, 6.45) is 0.182. The molecule has 1 aromatic carbocycles. The Morgan fingerprint density at radius 3 is 2.56 bits per heavy atom. The second kappa shape index (κ2) is 5.54. The van der Waals surface area contributed by atoms with E-state index in [1.165, 1.54) is 11.1 Å². The second-order valence-electron chi connectivity index (χ2n) is 4.01. The maximum absolute atomic E-state index is 10.6. The number of aryl methyl sites for hydroxylation is 2. The molecular formula is C13H19NO2. The smallest absolute Gasteiger partial charge is 0.305 e. The number of carboxylic acids is 1. The maximum atomic E-state index is 10.6. The van der Waals surface area contributed by atoms with Crippen LogP contribution in [0.5, 0.6) is 0 Å². The fourth-order valence-corrected chi connectivity index (χ4v) is 1.84. The van der Waals surface area contributed by atoms with Gasteiger partial charge in [-0.25, -0.2) is 0 Å². The SMILES string of the molecule is CCN(CCC(=O)O)c1ccc(C)cc1C. The largest absolute Gasteiger partial charge is 0.481 e. The molecule has 0 aliphatic heterocycles. The third-order valence-corrected chi connectivity index (χ3v) is 2.67. The Hall–Kier alpha value is -1.51.